The Bertz CT molecular complexity index is 1360. The predicted octanol–water partition coefficient (Wildman–Crippen LogP) is 2.92. The number of alkyl halides is 2. The maximum Gasteiger partial charge on any atom is 0.282 e. The van der Waals surface area contributed by atoms with Crippen molar-refractivity contribution in [2.75, 3.05) is 29.9 Å². The zero-order valence-electron chi connectivity index (χ0n) is 18.5. The number of halogens is 2. The molecule has 0 radical (unpaired) electrons. The van der Waals surface area contributed by atoms with E-state index in [4.69, 9.17) is 0 Å². The fourth-order valence-corrected chi connectivity index (χ4v) is 4.22. The molecule has 0 atom stereocenters. The molecule has 1 fully saturated rings. The number of H-pyrrole nitrogens is 1. The van der Waals surface area contributed by atoms with E-state index in [1.807, 2.05) is 39.9 Å². The number of imidazole rings is 1. The highest BCUT2D eigenvalue weighted by molar-refractivity contribution is 5.93. The molecule has 0 aliphatic carbocycles. The van der Waals surface area contributed by atoms with Gasteiger partial charge in [-0.3, -0.25) is 9.89 Å². The number of aromatic amines is 1. The van der Waals surface area contributed by atoms with Crippen molar-refractivity contribution in [1.29, 1.82) is 0 Å². The first-order chi connectivity index (χ1) is 16.9. The minimum Gasteiger partial charge on any atom is -0.340 e. The van der Waals surface area contributed by atoms with Gasteiger partial charge >= 0.3 is 0 Å². The summed E-state index contributed by atoms with van der Waals surface area (Å²) in [6.07, 6.45) is 6.93. The van der Waals surface area contributed by atoms with Gasteiger partial charge in [0.25, 0.3) is 11.8 Å². The molecule has 10 nitrogen and oxygen atoms in total. The first-order valence-electron chi connectivity index (χ1n) is 11.1. The maximum atomic E-state index is 13.1. The third kappa shape index (κ3) is 4.18. The number of likely N-dealkylation sites (tertiary alicyclic amines) is 1. The number of anilines is 3. The molecule has 0 bridgehead atoms. The van der Waals surface area contributed by atoms with E-state index in [1.54, 1.807) is 24.7 Å². The minimum absolute atomic E-state index is 0.188. The number of aromatic nitrogens is 6. The van der Waals surface area contributed by atoms with E-state index in [1.165, 1.54) is 0 Å². The number of nitrogens with one attached hydrogen (secondary N) is 2. The Kier molecular flexibility index (Phi) is 4.94. The molecule has 178 valence electrons. The molecule has 1 amide bonds. The summed E-state index contributed by atoms with van der Waals surface area (Å²) in [6.45, 7) is 0.510. The molecule has 2 aliphatic heterocycles. The molecule has 5 heterocycles. The van der Waals surface area contributed by atoms with Crippen molar-refractivity contribution in [2.45, 2.75) is 19.0 Å². The van der Waals surface area contributed by atoms with Gasteiger partial charge < -0.3 is 19.7 Å². The lowest BCUT2D eigenvalue weighted by Gasteiger charge is -2.38. The summed E-state index contributed by atoms with van der Waals surface area (Å²) in [5.41, 5.74) is 3.14. The van der Waals surface area contributed by atoms with Gasteiger partial charge in [0.05, 0.1) is 25.8 Å². The van der Waals surface area contributed by atoms with Gasteiger partial charge in [0.15, 0.2) is 0 Å². The van der Waals surface area contributed by atoms with Crippen LogP contribution in [-0.4, -0.2) is 66.1 Å². The topological polar surface area (TPSA) is 108 Å². The third-order valence-electron chi connectivity index (χ3n) is 6.07. The molecule has 2 N–H and O–H groups in total. The number of nitrogens with zero attached hydrogens (tertiary/aromatic N) is 7. The van der Waals surface area contributed by atoms with Crippen LogP contribution in [0.5, 0.6) is 0 Å². The van der Waals surface area contributed by atoms with Gasteiger partial charge in [-0.05, 0) is 23.8 Å². The second-order valence-electron chi connectivity index (χ2n) is 8.61. The highest BCUT2D eigenvalue weighted by Gasteiger charge is 2.47. The average Bonchev–Trinajstić information content (AvgIpc) is 3.52. The van der Waals surface area contributed by atoms with E-state index >= 15 is 0 Å². The number of hydrogen-bond donors (Lipinski definition) is 2. The van der Waals surface area contributed by atoms with Gasteiger partial charge in [0, 0.05) is 42.9 Å². The van der Waals surface area contributed by atoms with Crippen LogP contribution in [0.15, 0.2) is 55.1 Å². The van der Waals surface area contributed by atoms with E-state index in [2.05, 4.69) is 30.5 Å². The van der Waals surface area contributed by atoms with Gasteiger partial charge in [-0.2, -0.15) is 10.1 Å². The summed E-state index contributed by atoms with van der Waals surface area (Å²) in [6, 6.07) is 9.72. The van der Waals surface area contributed by atoms with Crippen LogP contribution in [0.1, 0.15) is 16.3 Å². The lowest BCUT2D eigenvalue weighted by atomic mass is 10.1. The molecule has 4 aromatic rings. The van der Waals surface area contributed by atoms with E-state index in [0.29, 0.717) is 37.2 Å². The van der Waals surface area contributed by atoms with Gasteiger partial charge in [-0.1, -0.05) is 12.1 Å². The summed E-state index contributed by atoms with van der Waals surface area (Å²) in [5.74, 6) is -1.41. The molecular formula is C23H21F2N9O. The van der Waals surface area contributed by atoms with Gasteiger partial charge in [0.2, 0.25) is 5.95 Å². The first-order valence-corrected chi connectivity index (χ1v) is 11.1. The van der Waals surface area contributed by atoms with Gasteiger partial charge in [-0.15, -0.1) is 0 Å². The quantitative estimate of drug-likeness (QED) is 0.455. The summed E-state index contributed by atoms with van der Waals surface area (Å²) in [4.78, 5) is 29.0. The Morgan fingerprint density at radius 3 is 2.63 bits per heavy atom. The van der Waals surface area contributed by atoms with Crippen molar-refractivity contribution in [3.05, 3.63) is 66.6 Å². The van der Waals surface area contributed by atoms with Crippen LogP contribution < -0.4 is 10.2 Å². The molecule has 0 unspecified atom stereocenters. The van der Waals surface area contributed by atoms with Crippen LogP contribution in [0.4, 0.5) is 26.2 Å². The summed E-state index contributed by atoms with van der Waals surface area (Å²) in [7, 11) is 0. The molecule has 35 heavy (non-hydrogen) atoms. The number of carbonyl (C=O) groups is 1. The molecule has 0 saturated carbocycles. The van der Waals surface area contributed by atoms with Crippen LogP contribution in [0.25, 0.3) is 11.1 Å². The number of benzene rings is 1. The highest BCUT2D eigenvalue weighted by atomic mass is 19.3. The van der Waals surface area contributed by atoms with E-state index < -0.39 is 24.9 Å². The number of carbonyl (C=O) groups excluding carboxylic acids is 1. The Hall–Kier alpha value is -4.35. The van der Waals surface area contributed by atoms with E-state index in [0.717, 1.165) is 21.7 Å². The summed E-state index contributed by atoms with van der Waals surface area (Å²) >= 11 is 0. The highest BCUT2D eigenvalue weighted by Crippen LogP contribution is 2.28. The van der Waals surface area contributed by atoms with Crippen molar-refractivity contribution in [2.24, 2.45) is 0 Å². The Balaban J connectivity index is 1.13. The van der Waals surface area contributed by atoms with Crippen molar-refractivity contribution in [3.8, 4) is 11.1 Å². The fourth-order valence-electron chi connectivity index (χ4n) is 4.22. The molecule has 3 aromatic heterocycles. The Labute approximate surface area is 198 Å². The number of rotatable bonds is 5. The maximum absolute atomic E-state index is 13.1. The summed E-state index contributed by atoms with van der Waals surface area (Å²) < 4.78 is 28.1. The van der Waals surface area contributed by atoms with E-state index in [-0.39, 0.29) is 5.69 Å². The second kappa shape index (κ2) is 8.15. The molecule has 6 rings (SSSR count). The van der Waals surface area contributed by atoms with Crippen molar-refractivity contribution in [1.82, 2.24) is 34.6 Å². The van der Waals surface area contributed by atoms with Crippen LogP contribution in [0.3, 0.4) is 0 Å². The zero-order chi connectivity index (χ0) is 24.0. The molecule has 0 spiro atoms. The van der Waals surface area contributed by atoms with E-state index in [9.17, 15) is 13.6 Å². The standard InChI is InChI=1S/C23H21F2N9O/c24-23(25)13-34(14-23)21(35)18-11-32-7-8-33(12-20(32)30-18)22-26-6-5-19(31-22)29-17-3-1-15(2-4-17)16-9-27-28-10-16/h1-6,9-11H,7-8,12-14H2,(H,27,28)(H,26,29,31). The lowest BCUT2D eigenvalue weighted by Crippen LogP contribution is -2.58. The SMILES string of the molecule is O=C(c1cn2c(n1)CN(c1nccc(Nc3ccc(-c4cn[nH]c4)cc3)n1)CC2)N1CC(F)(F)C1. The minimum atomic E-state index is -2.80. The Morgan fingerprint density at radius 1 is 1.06 bits per heavy atom. The molecule has 12 heteroatoms. The van der Waals surface area contributed by atoms with Crippen LogP contribution >= 0.6 is 0 Å². The molecule has 1 aromatic carbocycles. The van der Waals surface area contributed by atoms with Crippen molar-refractivity contribution >= 4 is 23.4 Å². The van der Waals surface area contributed by atoms with Gasteiger partial charge in [0.1, 0.15) is 17.3 Å². The van der Waals surface area contributed by atoms with Crippen LogP contribution in [0.2, 0.25) is 0 Å². The number of amides is 1. The predicted molar refractivity (Wildman–Crippen MR) is 123 cm³/mol. The monoisotopic (exact) mass is 477 g/mol. The Morgan fingerprint density at radius 2 is 1.89 bits per heavy atom. The van der Waals surface area contributed by atoms with Gasteiger partial charge in [-0.25, -0.2) is 18.7 Å². The average molecular weight is 477 g/mol. The second-order valence-corrected chi connectivity index (χ2v) is 8.61. The van der Waals surface area contributed by atoms with Crippen LogP contribution in [0, 0.1) is 0 Å². The number of hydrogen-bond acceptors (Lipinski definition) is 7. The smallest absolute Gasteiger partial charge is 0.282 e. The lowest BCUT2D eigenvalue weighted by molar-refractivity contribution is -0.113. The fraction of sp³-hybridized carbons (Fsp3) is 0.261. The van der Waals surface area contributed by atoms with Crippen molar-refractivity contribution in [3.63, 3.8) is 0 Å². The molecule has 1 saturated heterocycles. The third-order valence-corrected chi connectivity index (χ3v) is 6.07. The zero-order valence-corrected chi connectivity index (χ0v) is 18.5. The summed E-state index contributed by atoms with van der Waals surface area (Å²) in [5, 5.41) is 10.1. The van der Waals surface area contributed by atoms with Crippen molar-refractivity contribution < 1.29 is 13.6 Å². The number of fused-ring (bicyclic) bond motifs is 1. The first kappa shape index (κ1) is 21.2. The largest absolute Gasteiger partial charge is 0.340 e. The molecular weight excluding hydrogens is 456 g/mol. The van der Waals surface area contributed by atoms with Crippen LogP contribution in [-0.2, 0) is 13.1 Å². The molecule has 2 aliphatic rings. The normalized spacial score (nSPS) is 16.5.